The number of nitrogens with zero attached hydrogens (tertiary/aromatic N) is 4. The highest BCUT2D eigenvalue weighted by Crippen LogP contribution is 2.27. The average molecular weight is 359 g/mol. The Balaban J connectivity index is 1.97. The molecular formula is C18H25N5OS. The van der Waals surface area contributed by atoms with E-state index in [0.29, 0.717) is 0 Å². The van der Waals surface area contributed by atoms with E-state index < -0.39 is 0 Å². The SMILES string of the molecule is CN(C)CCSc1c(N2CCNCC2)cnn(-c2ccccc2)c1=O. The van der Waals surface area contributed by atoms with Gasteiger partial charge in [0.05, 0.1) is 22.5 Å². The van der Waals surface area contributed by atoms with Gasteiger partial charge in [0.25, 0.3) is 5.56 Å². The largest absolute Gasteiger partial charge is 0.367 e. The Labute approximate surface area is 152 Å². The fraction of sp³-hybridized carbons (Fsp3) is 0.444. The Morgan fingerprint density at radius 1 is 1.20 bits per heavy atom. The van der Waals surface area contributed by atoms with Gasteiger partial charge in [-0.1, -0.05) is 18.2 Å². The summed E-state index contributed by atoms with van der Waals surface area (Å²) in [4.78, 5) is 18.3. The number of benzene rings is 1. The fourth-order valence-corrected chi connectivity index (χ4v) is 3.98. The normalized spacial score (nSPS) is 14.9. The number of piperazine rings is 1. The van der Waals surface area contributed by atoms with Gasteiger partial charge < -0.3 is 15.1 Å². The maximum atomic E-state index is 13.1. The third kappa shape index (κ3) is 4.42. The van der Waals surface area contributed by atoms with Crippen LogP contribution in [0, 0.1) is 0 Å². The van der Waals surface area contributed by atoms with Crippen LogP contribution in [-0.2, 0) is 0 Å². The highest BCUT2D eigenvalue weighted by molar-refractivity contribution is 7.99. The first kappa shape index (κ1) is 18.0. The molecule has 25 heavy (non-hydrogen) atoms. The number of anilines is 1. The molecule has 6 nitrogen and oxygen atoms in total. The van der Waals surface area contributed by atoms with Crippen molar-refractivity contribution in [1.29, 1.82) is 0 Å². The second-order valence-corrected chi connectivity index (χ2v) is 7.41. The molecule has 7 heteroatoms. The van der Waals surface area contributed by atoms with Gasteiger partial charge in [0, 0.05) is 38.5 Å². The van der Waals surface area contributed by atoms with E-state index in [2.05, 4.69) is 20.2 Å². The summed E-state index contributed by atoms with van der Waals surface area (Å²) < 4.78 is 1.50. The molecule has 1 saturated heterocycles. The van der Waals surface area contributed by atoms with Crippen LogP contribution >= 0.6 is 11.8 Å². The van der Waals surface area contributed by atoms with Crippen LogP contribution in [0.4, 0.5) is 5.69 Å². The molecule has 1 N–H and O–H groups in total. The Morgan fingerprint density at radius 2 is 1.92 bits per heavy atom. The first-order valence-corrected chi connectivity index (χ1v) is 9.56. The summed E-state index contributed by atoms with van der Waals surface area (Å²) in [5.41, 5.74) is 1.72. The van der Waals surface area contributed by atoms with Crippen molar-refractivity contribution in [2.75, 3.05) is 57.5 Å². The number of aromatic nitrogens is 2. The number of hydrogen-bond acceptors (Lipinski definition) is 6. The van der Waals surface area contributed by atoms with Crippen molar-refractivity contribution in [3.05, 3.63) is 46.9 Å². The molecule has 0 radical (unpaired) electrons. The monoisotopic (exact) mass is 359 g/mol. The maximum absolute atomic E-state index is 13.1. The minimum atomic E-state index is -0.0361. The summed E-state index contributed by atoms with van der Waals surface area (Å²) in [6, 6.07) is 9.61. The smallest absolute Gasteiger partial charge is 0.287 e. The van der Waals surface area contributed by atoms with Crippen molar-refractivity contribution in [3.63, 3.8) is 0 Å². The third-order valence-corrected chi connectivity index (χ3v) is 5.22. The average Bonchev–Trinajstić information content (AvgIpc) is 2.64. The van der Waals surface area contributed by atoms with Gasteiger partial charge in [-0.3, -0.25) is 4.79 Å². The highest BCUT2D eigenvalue weighted by atomic mass is 32.2. The van der Waals surface area contributed by atoms with Crippen LogP contribution in [-0.4, -0.2) is 67.3 Å². The van der Waals surface area contributed by atoms with E-state index in [1.54, 1.807) is 11.8 Å². The molecule has 0 saturated carbocycles. The van der Waals surface area contributed by atoms with E-state index in [1.807, 2.05) is 50.6 Å². The van der Waals surface area contributed by atoms with Gasteiger partial charge in [-0.2, -0.15) is 9.78 Å². The molecule has 1 aliphatic rings. The Morgan fingerprint density at radius 3 is 2.60 bits per heavy atom. The lowest BCUT2D eigenvalue weighted by atomic mass is 10.3. The molecule has 0 spiro atoms. The van der Waals surface area contributed by atoms with Crippen LogP contribution in [0.15, 0.2) is 46.2 Å². The summed E-state index contributed by atoms with van der Waals surface area (Å²) in [7, 11) is 4.10. The summed E-state index contributed by atoms with van der Waals surface area (Å²) in [6.07, 6.45) is 1.84. The van der Waals surface area contributed by atoms with Crippen molar-refractivity contribution in [3.8, 4) is 5.69 Å². The molecule has 0 bridgehead atoms. The topological polar surface area (TPSA) is 53.4 Å². The van der Waals surface area contributed by atoms with E-state index >= 15 is 0 Å². The third-order valence-electron chi connectivity index (χ3n) is 4.16. The molecule has 1 aromatic carbocycles. The molecule has 0 atom stereocenters. The maximum Gasteiger partial charge on any atom is 0.287 e. The molecule has 134 valence electrons. The standard InChI is InChI=1S/C18H25N5OS/c1-21(2)12-13-25-17-16(22-10-8-19-9-11-22)14-20-23(18(17)24)15-6-4-3-5-7-15/h3-7,14,19H,8-13H2,1-2H3. The number of thioether (sulfide) groups is 1. The molecule has 0 amide bonds. The lowest BCUT2D eigenvalue weighted by molar-refractivity contribution is 0.437. The predicted molar refractivity (Wildman–Crippen MR) is 104 cm³/mol. The van der Waals surface area contributed by atoms with Crippen molar-refractivity contribution in [2.24, 2.45) is 0 Å². The quantitative estimate of drug-likeness (QED) is 0.785. The van der Waals surface area contributed by atoms with Gasteiger partial charge in [-0.15, -0.1) is 11.8 Å². The van der Waals surface area contributed by atoms with Gasteiger partial charge >= 0.3 is 0 Å². The molecule has 2 heterocycles. The van der Waals surface area contributed by atoms with Crippen LogP contribution in [0.1, 0.15) is 0 Å². The summed E-state index contributed by atoms with van der Waals surface area (Å²) in [5.74, 6) is 0.875. The number of para-hydroxylation sites is 1. The number of nitrogens with one attached hydrogen (secondary N) is 1. The van der Waals surface area contributed by atoms with Crippen LogP contribution in [0.3, 0.4) is 0 Å². The van der Waals surface area contributed by atoms with Crippen molar-refractivity contribution in [2.45, 2.75) is 4.90 Å². The van der Waals surface area contributed by atoms with E-state index in [9.17, 15) is 4.79 Å². The van der Waals surface area contributed by atoms with Crippen LogP contribution in [0.5, 0.6) is 0 Å². The van der Waals surface area contributed by atoms with E-state index in [4.69, 9.17) is 0 Å². The highest BCUT2D eigenvalue weighted by Gasteiger charge is 2.19. The first-order chi connectivity index (χ1) is 12.2. The van der Waals surface area contributed by atoms with Crippen molar-refractivity contribution in [1.82, 2.24) is 20.0 Å². The van der Waals surface area contributed by atoms with Crippen LogP contribution in [0.2, 0.25) is 0 Å². The fourth-order valence-electron chi connectivity index (χ4n) is 2.78. The zero-order valence-corrected chi connectivity index (χ0v) is 15.6. The molecular weight excluding hydrogens is 334 g/mol. The molecule has 0 unspecified atom stereocenters. The van der Waals surface area contributed by atoms with E-state index in [-0.39, 0.29) is 5.56 Å². The van der Waals surface area contributed by atoms with E-state index in [1.165, 1.54) is 4.68 Å². The second kappa shape index (κ2) is 8.51. The molecule has 0 aliphatic carbocycles. The zero-order chi connectivity index (χ0) is 17.6. The molecule has 3 rings (SSSR count). The van der Waals surface area contributed by atoms with Gasteiger partial charge in [-0.25, -0.2) is 0 Å². The summed E-state index contributed by atoms with van der Waals surface area (Å²) in [5, 5.41) is 7.80. The lowest BCUT2D eigenvalue weighted by Crippen LogP contribution is -2.44. The zero-order valence-electron chi connectivity index (χ0n) is 14.8. The summed E-state index contributed by atoms with van der Waals surface area (Å²) >= 11 is 1.63. The van der Waals surface area contributed by atoms with Gasteiger partial charge in [0.15, 0.2) is 0 Å². The van der Waals surface area contributed by atoms with Crippen molar-refractivity contribution < 1.29 is 0 Å². The Hall–Kier alpha value is -1.83. The molecule has 1 fully saturated rings. The summed E-state index contributed by atoms with van der Waals surface area (Å²) in [6.45, 7) is 4.60. The van der Waals surface area contributed by atoms with Gasteiger partial charge in [0.2, 0.25) is 0 Å². The Kier molecular flexibility index (Phi) is 6.12. The van der Waals surface area contributed by atoms with Gasteiger partial charge in [0.1, 0.15) is 0 Å². The predicted octanol–water partition coefficient (Wildman–Crippen LogP) is 1.30. The van der Waals surface area contributed by atoms with Crippen molar-refractivity contribution >= 4 is 17.4 Å². The van der Waals surface area contributed by atoms with Gasteiger partial charge in [-0.05, 0) is 26.2 Å². The minimum Gasteiger partial charge on any atom is -0.367 e. The minimum absolute atomic E-state index is 0.0361. The Bertz CT molecular complexity index is 741. The number of hydrogen-bond donors (Lipinski definition) is 1. The number of rotatable bonds is 6. The molecule has 1 aromatic heterocycles. The van der Waals surface area contributed by atoms with Crippen LogP contribution in [0.25, 0.3) is 5.69 Å². The lowest BCUT2D eigenvalue weighted by Gasteiger charge is -2.30. The molecule has 1 aliphatic heterocycles. The molecule has 2 aromatic rings. The van der Waals surface area contributed by atoms with E-state index in [0.717, 1.165) is 54.7 Å². The van der Waals surface area contributed by atoms with Crippen LogP contribution < -0.4 is 15.8 Å². The first-order valence-electron chi connectivity index (χ1n) is 8.58. The second-order valence-electron chi connectivity index (χ2n) is 6.30.